The van der Waals surface area contributed by atoms with Gasteiger partial charge in [0, 0.05) is 5.41 Å². The molecule has 0 spiro atoms. The lowest BCUT2D eigenvalue weighted by Gasteiger charge is -2.32. The number of carbonyl (C=O) groups excluding carboxylic acids is 1. The molecule has 0 aliphatic rings. The first kappa shape index (κ1) is 14.2. The van der Waals surface area contributed by atoms with Gasteiger partial charge in [-0.25, -0.2) is 0 Å². The van der Waals surface area contributed by atoms with Crippen molar-refractivity contribution in [3.63, 3.8) is 0 Å². The summed E-state index contributed by atoms with van der Waals surface area (Å²) in [6.07, 6.45) is 5.33. The van der Waals surface area contributed by atoms with Gasteiger partial charge >= 0.3 is 0 Å². The first-order chi connectivity index (χ1) is 6.59. The summed E-state index contributed by atoms with van der Waals surface area (Å²) < 4.78 is 0. The minimum atomic E-state index is -0.273. The molecular formula is C13H24NO+. The molecule has 1 N–H and O–H groups in total. The summed E-state index contributed by atoms with van der Waals surface area (Å²) in [5, 5.41) is 0. The number of terminal acetylenes is 1. The summed E-state index contributed by atoms with van der Waals surface area (Å²) in [5.41, 5.74) is -0.252. The van der Waals surface area contributed by atoms with Crippen LogP contribution >= 0.6 is 0 Å². The first-order valence-electron chi connectivity index (χ1n) is 5.41. The maximum absolute atomic E-state index is 11.9. The molecule has 1 atom stereocenters. The number of nitrogens with one attached hydrogen (secondary N) is 1. The maximum atomic E-state index is 11.9. The van der Waals surface area contributed by atoms with Gasteiger partial charge in [0.05, 0.1) is 5.54 Å². The number of hydrogen-bond donors (Lipinski definition) is 1. The summed E-state index contributed by atoms with van der Waals surface area (Å²) >= 11 is 0. The Balaban J connectivity index is 4.59. The van der Waals surface area contributed by atoms with Crippen molar-refractivity contribution in [2.24, 2.45) is 5.41 Å². The van der Waals surface area contributed by atoms with Crippen LogP contribution in [0.3, 0.4) is 0 Å². The van der Waals surface area contributed by atoms with E-state index in [1.807, 2.05) is 20.8 Å². The first-order valence-corrected chi connectivity index (χ1v) is 5.41. The largest absolute Gasteiger partial charge is 0.314 e. The second kappa shape index (κ2) is 4.81. The van der Waals surface area contributed by atoms with Crippen LogP contribution in [0.1, 0.15) is 41.5 Å². The summed E-state index contributed by atoms with van der Waals surface area (Å²) in [4.78, 5) is 13.1. The number of carbonyl (C=O) groups is 1. The van der Waals surface area contributed by atoms with Crippen LogP contribution < -0.4 is 4.90 Å². The van der Waals surface area contributed by atoms with Crippen LogP contribution in [0.25, 0.3) is 0 Å². The normalized spacial score (nSPS) is 14.5. The van der Waals surface area contributed by atoms with E-state index in [9.17, 15) is 4.79 Å². The minimum Gasteiger partial charge on any atom is -0.314 e. The fourth-order valence-electron chi connectivity index (χ4n) is 1.18. The molecule has 0 aromatic rings. The van der Waals surface area contributed by atoms with Crippen LogP contribution in [0.5, 0.6) is 0 Å². The van der Waals surface area contributed by atoms with E-state index in [-0.39, 0.29) is 16.7 Å². The molecule has 0 fully saturated rings. The van der Waals surface area contributed by atoms with Crippen molar-refractivity contribution in [1.82, 2.24) is 0 Å². The van der Waals surface area contributed by atoms with Gasteiger partial charge in [-0.3, -0.25) is 4.79 Å². The average molecular weight is 210 g/mol. The Labute approximate surface area is 94.0 Å². The Morgan fingerprint density at radius 1 is 1.20 bits per heavy atom. The lowest BCUT2D eigenvalue weighted by Crippen LogP contribution is -3.19. The molecule has 0 aromatic carbocycles. The van der Waals surface area contributed by atoms with Crippen LogP contribution in [0.15, 0.2) is 0 Å². The number of quaternary nitrogens is 1. The second-order valence-corrected chi connectivity index (χ2v) is 6.08. The van der Waals surface area contributed by atoms with Crippen LogP contribution in [0.2, 0.25) is 0 Å². The highest BCUT2D eigenvalue weighted by Gasteiger charge is 2.31. The quantitative estimate of drug-likeness (QED) is 0.687. The molecular weight excluding hydrogens is 186 g/mol. The standard InChI is InChI=1S/C13H23NO/c1-8-9-14(13(5,6)7)10-11(15)12(2,3)4/h1H,9-10H2,2-7H3/p+1. The third kappa shape index (κ3) is 4.99. The van der Waals surface area contributed by atoms with Crippen LogP contribution in [0, 0.1) is 17.8 Å². The van der Waals surface area contributed by atoms with Crippen molar-refractivity contribution >= 4 is 5.78 Å². The SMILES string of the molecule is C#CC[NH+](CC(=O)C(C)(C)C)C(C)(C)C. The average Bonchev–Trinajstić information content (AvgIpc) is 1.99. The van der Waals surface area contributed by atoms with E-state index < -0.39 is 0 Å². The summed E-state index contributed by atoms with van der Waals surface area (Å²) in [7, 11) is 0. The summed E-state index contributed by atoms with van der Waals surface area (Å²) in [6.45, 7) is 13.3. The predicted octanol–water partition coefficient (Wildman–Crippen LogP) is 0.918. The number of hydrogen-bond acceptors (Lipinski definition) is 1. The summed E-state index contributed by atoms with van der Waals surface area (Å²) in [6, 6.07) is 0. The van der Waals surface area contributed by atoms with Gasteiger partial charge in [0.15, 0.2) is 5.78 Å². The van der Waals surface area contributed by atoms with Crippen LogP contribution in [0.4, 0.5) is 0 Å². The molecule has 0 aromatic heterocycles. The Kier molecular flexibility index (Phi) is 4.55. The van der Waals surface area contributed by atoms with Gasteiger partial charge in [-0.2, -0.15) is 0 Å². The fraction of sp³-hybridized carbons (Fsp3) is 0.769. The Morgan fingerprint density at radius 2 is 1.67 bits per heavy atom. The minimum absolute atomic E-state index is 0.0211. The van der Waals surface area contributed by atoms with Crippen LogP contribution in [-0.4, -0.2) is 24.4 Å². The number of ketones is 1. The monoisotopic (exact) mass is 210 g/mol. The van der Waals surface area contributed by atoms with E-state index in [1.165, 1.54) is 0 Å². The second-order valence-electron chi connectivity index (χ2n) is 6.08. The van der Waals surface area contributed by atoms with Crippen molar-refractivity contribution in [3.05, 3.63) is 0 Å². The molecule has 0 radical (unpaired) electrons. The Morgan fingerprint density at radius 3 is 1.93 bits per heavy atom. The van der Waals surface area contributed by atoms with Crippen LogP contribution in [-0.2, 0) is 4.79 Å². The van der Waals surface area contributed by atoms with Gasteiger partial charge < -0.3 is 4.90 Å². The molecule has 0 saturated heterocycles. The number of Topliss-reactive ketones (excluding diaryl/α,β-unsaturated/α-hetero) is 1. The zero-order valence-electron chi connectivity index (χ0n) is 10.9. The lowest BCUT2D eigenvalue weighted by molar-refractivity contribution is -0.932. The zero-order chi connectivity index (χ0) is 12.3. The highest BCUT2D eigenvalue weighted by molar-refractivity contribution is 5.84. The molecule has 0 rings (SSSR count). The van der Waals surface area contributed by atoms with Gasteiger partial charge in [-0.05, 0) is 26.7 Å². The van der Waals surface area contributed by atoms with Crippen molar-refractivity contribution in [1.29, 1.82) is 0 Å². The van der Waals surface area contributed by atoms with E-state index in [2.05, 4.69) is 26.7 Å². The Bertz CT molecular complexity index is 260. The smallest absolute Gasteiger partial charge is 0.192 e. The van der Waals surface area contributed by atoms with Crippen molar-refractivity contribution < 1.29 is 9.69 Å². The molecule has 0 bridgehead atoms. The van der Waals surface area contributed by atoms with Gasteiger partial charge in [0.25, 0.3) is 0 Å². The summed E-state index contributed by atoms with van der Waals surface area (Å²) in [5.74, 6) is 2.91. The van der Waals surface area contributed by atoms with Gasteiger partial charge in [-0.15, -0.1) is 6.42 Å². The zero-order valence-corrected chi connectivity index (χ0v) is 10.9. The highest BCUT2D eigenvalue weighted by atomic mass is 16.1. The van der Waals surface area contributed by atoms with Crippen molar-refractivity contribution in [2.45, 2.75) is 47.1 Å². The maximum Gasteiger partial charge on any atom is 0.192 e. The molecule has 0 heterocycles. The Hall–Kier alpha value is -0.810. The van der Waals surface area contributed by atoms with E-state index in [0.29, 0.717) is 13.1 Å². The molecule has 0 saturated carbocycles. The molecule has 1 unspecified atom stereocenters. The van der Waals surface area contributed by atoms with E-state index in [0.717, 1.165) is 4.90 Å². The van der Waals surface area contributed by atoms with Crippen molar-refractivity contribution in [3.8, 4) is 12.3 Å². The molecule has 0 amide bonds. The molecule has 15 heavy (non-hydrogen) atoms. The molecule has 2 heteroatoms. The highest BCUT2D eigenvalue weighted by Crippen LogP contribution is 2.13. The lowest BCUT2D eigenvalue weighted by atomic mass is 9.89. The number of rotatable bonds is 3. The van der Waals surface area contributed by atoms with Gasteiger partial charge in [-0.1, -0.05) is 20.8 Å². The van der Waals surface area contributed by atoms with Gasteiger partial charge in [0.1, 0.15) is 13.1 Å². The third-order valence-corrected chi connectivity index (χ3v) is 2.59. The molecule has 0 aliphatic carbocycles. The molecule has 2 nitrogen and oxygen atoms in total. The molecule has 0 aliphatic heterocycles. The predicted molar refractivity (Wildman–Crippen MR) is 63.7 cm³/mol. The van der Waals surface area contributed by atoms with E-state index >= 15 is 0 Å². The van der Waals surface area contributed by atoms with E-state index in [4.69, 9.17) is 6.42 Å². The van der Waals surface area contributed by atoms with Gasteiger partial charge in [0.2, 0.25) is 0 Å². The van der Waals surface area contributed by atoms with Crippen molar-refractivity contribution in [2.75, 3.05) is 13.1 Å². The van der Waals surface area contributed by atoms with E-state index in [1.54, 1.807) is 0 Å². The fourth-order valence-corrected chi connectivity index (χ4v) is 1.18. The topological polar surface area (TPSA) is 21.5 Å². The molecule has 86 valence electrons. The third-order valence-electron chi connectivity index (χ3n) is 2.59.